The number of aromatic nitrogens is 2. The fraction of sp³-hybridized carbons (Fsp3) is 0.733. The van der Waals surface area contributed by atoms with Gasteiger partial charge in [0, 0.05) is 17.3 Å². The maximum absolute atomic E-state index is 11.4. The molecule has 122 valence electrons. The van der Waals surface area contributed by atoms with Crippen LogP contribution in [-0.2, 0) is 22.9 Å². The van der Waals surface area contributed by atoms with Gasteiger partial charge in [-0.25, -0.2) is 13.1 Å². The van der Waals surface area contributed by atoms with E-state index in [2.05, 4.69) is 14.5 Å². The maximum Gasteiger partial charge on any atom is 0.208 e. The highest BCUT2D eigenvalue weighted by Crippen LogP contribution is 2.33. The molecule has 1 N–H and O–H groups in total. The molecule has 0 spiro atoms. The minimum absolute atomic E-state index is 0.134. The molecule has 2 aliphatic rings. The Morgan fingerprint density at radius 2 is 1.95 bits per heavy atom. The zero-order valence-corrected chi connectivity index (χ0v) is 13.7. The molecular weight excluding hydrogens is 302 g/mol. The van der Waals surface area contributed by atoms with Gasteiger partial charge in [-0.3, -0.25) is 9.48 Å². The van der Waals surface area contributed by atoms with E-state index < -0.39 is 10.0 Å². The van der Waals surface area contributed by atoms with Crippen molar-refractivity contribution in [2.45, 2.75) is 63.5 Å². The molecule has 0 aliphatic heterocycles. The highest BCUT2D eigenvalue weighted by molar-refractivity contribution is 7.88. The van der Waals surface area contributed by atoms with Crippen molar-refractivity contribution in [2.75, 3.05) is 6.26 Å². The normalized spacial score (nSPS) is 23.2. The van der Waals surface area contributed by atoms with E-state index >= 15 is 0 Å². The van der Waals surface area contributed by atoms with E-state index in [9.17, 15) is 13.2 Å². The van der Waals surface area contributed by atoms with Gasteiger partial charge in [-0.05, 0) is 32.1 Å². The van der Waals surface area contributed by atoms with Crippen LogP contribution >= 0.6 is 0 Å². The Bertz CT molecular complexity index is 660. The van der Waals surface area contributed by atoms with Crippen molar-refractivity contribution in [3.05, 3.63) is 17.0 Å². The predicted molar refractivity (Wildman–Crippen MR) is 83.5 cm³/mol. The summed E-state index contributed by atoms with van der Waals surface area (Å²) in [6, 6.07) is 0.265. The predicted octanol–water partition coefficient (Wildman–Crippen LogP) is 1.61. The van der Waals surface area contributed by atoms with Crippen LogP contribution in [0.25, 0.3) is 0 Å². The minimum Gasteiger partial charge on any atom is -0.296 e. The van der Waals surface area contributed by atoms with Crippen LogP contribution in [0, 0.1) is 0 Å². The first kappa shape index (κ1) is 15.7. The van der Waals surface area contributed by atoms with Crippen molar-refractivity contribution < 1.29 is 13.2 Å². The molecule has 0 radical (unpaired) electrons. The Balaban J connectivity index is 1.87. The highest BCUT2D eigenvalue weighted by atomic mass is 32.2. The quantitative estimate of drug-likeness (QED) is 0.853. The summed E-state index contributed by atoms with van der Waals surface area (Å²) in [5.74, 6) is 0. The summed E-state index contributed by atoms with van der Waals surface area (Å²) in [7, 11) is -3.23. The molecule has 3 rings (SSSR count). The Kier molecular flexibility index (Phi) is 4.36. The second kappa shape index (κ2) is 6.12. The third-order valence-corrected chi connectivity index (χ3v) is 5.50. The number of carbonyl (C=O) groups is 1. The molecule has 0 bridgehead atoms. The molecule has 0 amide bonds. The molecule has 2 aliphatic carbocycles. The van der Waals surface area contributed by atoms with Gasteiger partial charge in [-0.2, -0.15) is 5.10 Å². The van der Waals surface area contributed by atoms with Gasteiger partial charge in [0.2, 0.25) is 10.0 Å². The van der Waals surface area contributed by atoms with Gasteiger partial charge >= 0.3 is 0 Å². The number of hydrogen-bond donors (Lipinski definition) is 1. The molecule has 1 aromatic rings. The van der Waals surface area contributed by atoms with Gasteiger partial charge in [0.05, 0.1) is 12.3 Å². The molecule has 7 heteroatoms. The number of nitrogens with zero attached hydrogens (tertiary/aromatic N) is 2. The average molecular weight is 325 g/mol. The van der Waals surface area contributed by atoms with Crippen LogP contribution in [0.15, 0.2) is 0 Å². The summed E-state index contributed by atoms with van der Waals surface area (Å²) < 4.78 is 27.6. The molecular formula is C15H23N3O3S. The summed E-state index contributed by atoms with van der Waals surface area (Å²) >= 11 is 0. The van der Waals surface area contributed by atoms with Crippen molar-refractivity contribution in [1.29, 1.82) is 0 Å². The molecule has 1 fully saturated rings. The maximum atomic E-state index is 11.4. The standard InChI is InChI=1S/C15H23N3O3S/c1-22(20,21)17-11-7-8-15-13(9-11)14(10-19)16-18(15)12-5-3-2-4-6-12/h10-12,17H,2-9H2,1H3. The smallest absolute Gasteiger partial charge is 0.208 e. The van der Waals surface area contributed by atoms with Crippen molar-refractivity contribution in [3.63, 3.8) is 0 Å². The van der Waals surface area contributed by atoms with Gasteiger partial charge in [0.15, 0.2) is 6.29 Å². The second-order valence-electron chi connectivity index (χ2n) is 6.49. The molecule has 0 aromatic carbocycles. The fourth-order valence-corrected chi connectivity index (χ4v) is 4.60. The fourth-order valence-electron chi connectivity index (χ4n) is 3.80. The SMILES string of the molecule is CS(=O)(=O)NC1CCc2c(c(C=O)nn2C2CCCCC2)C1. The largest absolute Gasteiger partial charge is 0.296 e. The average Bonchev–Trinajstić information content (AvgIpc) is 2.84. The second-order valence-corrected chi connectivity index (χ2v) is 8.27. The molecule has 6 nitrogen and oxygen atoms in total. The summed E-state index contributed by atoms with van der Waals surface area (Å²) in [5.41, 5.74) is 2.56. The van der Waals surface area contributed by atoms with Gasteiger partial charge in [-0.15, -0.1) is 0 Å². The zero-order valence-electron chi connectivity index (χ0n) is 12.9. The van der Waals surface area contributed by atoms with E-state index in [-0.39, 0.29) is 6.04 Å². The lowest BCUT2D eigenvalue weighted by molar-refractivity contribution is 0.111. The Morgan fingerprint density at radius 3 is 2.59 bits per heavy atom. The molecule has 1 unspecified atom stereocenters. The monoisotopic (exact) mass is 325 g/mol. The van der Waals surface area contributed by atoms with Crippen LogP contribution in [0.2, 0.25) is 0 Å². The Hall–Kier alpha value is -1.21. The van der Waals surface area contributed by atoms with Crippen LogP contribution in [0.5, 0.6) is 0 Å². The summed E-state index contributed by atoms with van der Waals surface area (Å²) in [5, 5.41) is 4.54. The number of nitrogens with one attached hydrogen (secondary N) is 1. The number of hydrogen-bond acceptors (Lipinski definition) is 4. The van der Waals surface area contributed by atoms with E-state index in [1.54, 1.807) is 0 Å². The number of rotatable bonds is 4. The van der Waals surface area contributed by atoms with Crippen molar-refractivity contribution in [3.8, 4) is 0 Å². The van der Waals surface area contributed by atoms with Crippen LogP contribution in [-0.4, -0.2) is 36.8 Å². The first-order valence-corrected chi connectivity index (χ1v) is 9.90. The van der Waals surface area contributed by atoms with Crippen LogP contribution in [0.4, 0.5) is 0 Å². The van der Waals surface area contributed by atoms with Crippen LogP contribution in [0.3, 0.4) is 0 Å². The lowest BCUT2D eigenvalue weighted by Crippen LogP contribution is -2.38. The molecule has 22 heavy (non-hydrogen) atoms. The van der Waals surface area contributed by atoms with Gasteiger partial charge in [-0.1, -0.05) is 19.3 Å². The number of fused-ring (bicyclic) bond motifs is 1. The first-order valence-electron chi connectivity index (χ1n) is 8.00. The lowest BCUT2D eigenvalue weighted by Gasteiger charge is -2.27. The third kappa shape index (κ3) is 3.25. The number of aldehydes is 1. The Morgan fingerprint density at radius 1 is 1.23 bits per heavy atom. The lowest BCUT2D eigenvalue weighted by atomic mass is 9.90. The summed E-state index contributed by atoms with van der Waals surface area (Å²) in [6.45, 7) is 0. The van der Waals surface area contributed by atoms with E-state index in [1.165, 1.54) is 25.5 Å². The molecule has 0 saturated heterocycles. The van der Waals surface area contributed by atoms with E-state index in [1.807, 2.05) is 0 Å². The minimum atomic E-state index is -3.23. The topological polar surface area (TPSA) is 81.1 Å². The van der Waals surface area contributed by atoms with E-state index in [0.29, 0.717) is 18.2 Å². The summed E-state index contributed by atoms with van der Waals surface area (Å²) in [6.07, 6.45) is 10.0. The molecule has 1 aromatic heterocycles. The van der Waals surface area contributed by atoms with Gasteiger partial charge < -0.3 is 0 Å². The Labute approximate surface area is 131 Å². The molecule has 1 atom stereocenters. The van der Waals surface area contributed by atoms with Crippen molar-refractivity contribution in [1.82, 2.24) is 14.5 Å². The van der Waals surface area contributed by atoms with Gasteiger partial charge in [0.1, 0.15) is 5.69 Å². The van der Waals surface area contributed by atoms with Crippen molar-refractivity contribution >= 4 is 16.3 Å². The zero-order chi connectivity index (χ0) is 15.7. The number of carbonyl (C=O) groups excluding carboxylic acids is 1. The third-order valence-electron chi connectivity index (χ3n) is 4.74. The van der Waals surface area contributed by atoms with Gasteiger partial charge in [0.25, 0.3) is 0 Å². The molecule has 1 saturated carbocycles. The van der Waals surface area contributed by atoms with E-state index in [0.717, 1.165) is 43.2 Å². The molecule has 1 heterocycles. The van der Waals surface area contributed by atoms with E-state index in [4.69, 9.17) is 0 Å². The van der Waals surface area contributed by atoms with Crippen LogP contribution in [0.1, 0.15) is 66.3 Å². The first-order chi connectivity index (χ1) is 10.5. The summed E-state index contributed by atoms with van der Waals surface area (Å²) in [4.78, 5) is 11.4. The van der Waals surface area contributed by atoms with Crippen molar-refractivity contribution in [2.24, 2.45) is 0 Å². The van der Waals surface area contributed by atoms with Crippen LogP contribution < -0.4 is 4.72 Å². The highest BCUT2D eigenvalue weighted by Gasteiger charge is 2.30. The number of sulfonamides is 1.